The van der Waals surface area contributed by atoms with Gasteiger partial charge in [0.25, 0.3) is 0 Å². The molecule has 3 heteroatoms. The van der Waals surface area contributed by atoms with Gasteiger partial charge in [-0.25, -0.2) is 4.98 Å². The molecule has 0 radical (unpaired) electrons. The Morgan fingerprint density at radius 2 is 0.963 bits per heavy atom. The molecule has 1 aromatic carbocycles. The average Bonchev–Trinajstić information content (AvgIpc) is 2.69. The quantitative estimate of drug-likeness (QED) is 0.468. The van der Waals surface area contributed by atoms with E-state index < -0.39 is 0 Å². The van der Waals surface area contributed by atoms with Crippen LogP contribution in [-0.2, 0) is 0 Å². The molecule has 0 saturated heterocycles. The maximum atomic E-state index is 4.85. The van der Waals surface area contributed by atoms with Crippen molar-refractivity contribution in [1.82, 2.24) is 15.0 Å². The predicted molar refractivity (Wildman–Crippen MR) is 110 cm³/mol. The van der Waals surface area contributed by atoms with E-state index >= 15 is 0 Å². The predicted octanol–water partition coefficient (Wildman–Crippen LogP) is 5.80. The number of aryl methyl sites for hydroxylation is 3. The van der Waals surface area contributed by atoms with Gasteiger partial charge in [0.05, 0.1) is 22.8 Å². The van der Waals surface area contributed by atoms with Gasteiger partial charge < -0.3 is 0 Å². The van der Waals surface area contributed by atoms with Crippen LogP contribution in [0.1, 0.15) is 16.7 Å². The smallest absolute Gasteiger partial charge is 0.0900 e. The minimum atomic E-state index is 0.852. The van der Waals surface area contributed by atoms with Crippen molar-refractivity contribution in [3.05, 3.63) is 89.7 Å². The highest BCUT2D eigenvalue weighted by Gasteiger charge is 2.10. The topological polar surface area (TPSA) is 38.7 Å². The van der Waals surface area contributed by atoms with Crippen LogP contribution in [0.3, 0.4) is 0 Å². The molecule has 3 heterocycles. The number of aromatic nitrogens is 3. The van der Waals surface area contributed by atoms with E-state index in [9.17, 15) is 0 Å². The lowest BCUT2D eigenvalue weighted by atomic mass is 10.0. The van der Waals surface area contributed by atoms with Crippen LogP contribution < -0.4 is 0 Å². The minimum Gasteiger partial charge on any atom is -0.254 e. The van der Waals surface area contributed by atoms with Crippen LogP contribution in [0.25, 0.3) is 33.9 Å². The Morgan fingerprint density at radius 1 is 0.481 bits per heavy atom. The Hall–Kier alpha value is -3.33. The highest BCUT2D eigenvalue weighted by Crippen LogP contribution is 2.29. The SMILES string of the molecule is Cc1ccc(-c2cc(-c3ccc(C)cn3)nc(-c3ccc(C)cn3)c2)cc1. The summed E-state index contributed by atoms with van der Waals surface area (Å²) in [6.07, 6.45) is 3.75. The van der Waals surface area contributed by atoms with Gasteiger partial charge in [-0.2, -0.15) is 0 Å². The second-order valence-corrected chi connectivity index (χ2v) is 6.93. The largest absolute Gasteiger partial charge is 0.254 e. The number of rotatable bonds is 3. The highest BCUT2D eigenvalue weighted by atomic mass is 14.8. The zero-order chi connectivity index (χ0) is 18.8. The Labute approximate surface area is 159 Å². The van der Waals surface area contributed by atoms with E-state index in [4.69, 9.17) is 4.98 Å². The summed E-state index contributed by atoms with van der Waals surface area (Å²) in [5.41, 5.74) is 9.21. The van der Waals surface area contributed by atoms with Crippen molar-refractivity contribution in [2.24, 2.45) is 0 Å². The van der Waals surface area contributed by atoms with Gasteiger partial charge in [0.2, 0.25) is 0 Å². The van der Waals surface area contributed by atoms with E-state index in [1.165, 1.54) is 5.56 Å². The van der Waals surface area contributed by atoms with Crippen LogP contribution >= 0.6 is 0 Å². The standard InChI is InChI=1S/C24H21N3/c1-16-4-8-19(9-5-16)20-12-23(21-10-6-17(2)14-25-21)27-24(13-20)22-11-7-18(3)15-26-22/h4-15H,1-3H3. The van der Waals surface area contributed by atoms with E-state index in [0.717, 1.165) is 45.0 Å². The number of hydrogen-bond donors (Lipinski definition) is 0. The molecule has 4 rings (SSSR count). The molecule has 0 aliphatic rings. The minimum absolute atomic E-state index is 0.852. The molecule has 0 N–H and O–H groups in total. The lowest BCUT2D eigenvalue weighted by Gasteiger charge is -2.10. The normalized spacial score (nSPS) is 10.8. The van der Waals surface area contributed by atoms with Crippen molar-refractivity contribution in [3.63, 3.8) is 0 Å². The first kappa shape index (κ1) is 17.1. The Morgan fingerprint density at radius 3 is 1.41 bits per heavy atom. The summed E-state index contributed by atoms with van der Waals surface area (Å²) in [6, 6.07) is 20.9. The molecule has 132 valence electrons. The van der Waals surface area contributed by atoms with Crippen molar-refractivity contribution < 1.29 is 0 Å². The maximum absolute atomic E-state index is 4.85. The fraction of sp³-hybridized carbons (Fsp3) is 0.125. The van der Waals surface area contributed by atoms with Crippen molar-refractivity contribution >= 4 is 0 Å². The molecule has 0 fully saturated rings. The molecule has 3 aromatic heterocycles. The summed E-state index contributed by atoms with van der Waals surface area (Å²) in [4.78, 5) is 14.0. The lowest BCUT2D eigenvalue weighted by molar-refractivity contribution is 1.20. The fourth-order valence-electron chi connectivity index (χ4n) is 2.94. The molecule has 4 aromatic rings. The monoisotopic (exact) mass is 351 g/mol. The summed E-state index contributed by atoms with van der Waals surface area (Å²) in [7, 11) is 0. The van der Waals surface area contributed by atoms with Gasteiger partial charge >= 0.3 is 0 Å². The van der Waals surface area contributed by atoms with E-state index in [2.05, 4.69) is 65.4 Å². The molecule has 0 saturated carbocycles. The Balaban J connectivity index is 1.89. The van der Waals surface area contributed by atoms with Gasteiger partial charge in [-0.05, 0) is 67.3 Å². The van der Waals surface area contributed by atoms with Crippen LogP contribution in [0.4, 0.5) is 0 Å². The molecular weight excluding hydrogens is 330 g/mol. The third-order valence-corrected chi connectivity index (χ3v) is 4.56. The zero-order valence-corrected chi connectivity index (χ0v) is 15.8. The first-order chi connectivity index (χ1) is 13.1. The van der Waals surface area contributed by atoms with E-state index in [1.807, 2.05) is 38.4 Å². The van der Waals surface area contributed by atoms with Gasteiger partial charge in [0, 0.05) is 12.4 Å². The zero-order valence-electron chi connectivity index (χ0n) is 15.8. The summed E-state index contributed by atoms with van der Waals surface area (Å²) in [5.74, 6) is 0. The maximum Gasteiger partial charge on any atom is 0.0900 e. The lowest BCUT2D eigenvalue weighted by Crippen LogP contribution is -1.94. The van der Waals surface area contributed by atoms with Crippen molar-refractivity contribution in [2.75, 3.05) is 0 Å². The average molecular weight is 351 g/mol. The molecule has 0 aliphatic carbocycles. The van der Waals surface area contributed by atoms with Gasteiger partial charge in [0.15, 0.2) is 0 Å². The van der Waals surface area contributed by atoms with Crippen LogP contribution in [0.15, 0.2) is 73.1 Å². The molecule has 0 aliphatic heterocycles. The summed E-state index contributed by atoms with van der Waals surface area (Å²) in [5, 5.41) is 0. The highest BCUT2D eigenvalue weighted by molar-refractivity contribution is 5.74. The third kappa shape index (κ3) is 3.77. The molecule has 0 amide bonds. The van der Waals surface area contributed by atoms with Crippen LogP contribution in [0.2, 0.25) is 0 Å². The van der Waals surface area contributed by atoms with E-state index in [0.29, 0.717) is 0 Å². The van der Waals surface area contributed by atoms with Gasteiger partial charge in [0.1, 0.15) is 0 Å². The Bertz CT molecular complexity index is 910. The van der Waals surface area contributed by atoms with Gasteiger partial charge in [-0.1, -0.05) is 42.0 Å². The number of benzene rings is 1. The second-order valence-electron chi connectivity index (χ2n) is 6.93. The fourth-order valence-corrected chi connectivity index (χ4v) is 2.94. The van der Waals surface area contributed by atoms with Crippen LogP contribution in [-0.4, -0.2) is 15.0 Å². The number of hydrogen-bond acceptors (Lipinski definition) is 3. The van der Waals surface area contributed by atoms with Crippen molar-refractivity contribution in [1.29, 1.82) is 0 Å². The first-order valence-electron chi connectivity index (χ1n) is 9.04. The van der Waals surface area contributed by atoms with Crippen LogP contribution in [0.5, 0.6) is 0 Å². The molecule has 3 nitrogen and oxygen atoms in total. The number of nitrogens with zero attached hydrogens (tertiary/aromatic N) is 3. The molecule has 0 spiro atoms. The third-order valence-electron chi connectivity index (χ3n) is 4.56. The molecule has 0 bridgehead atoms. The first-order valence-corrected chi connectivity index (χ1v) is 9.04. The summed E-state index contributed by atoms with van der Waals surface area (Å²) in [6.45, 7) is 6.17. The van der Waals surface area contributed by atoms with E-state index in [-0.39, 0.29) is 0 Å². The second kappa shape index (κ2) is 7.12. The molecule has 0 unspecified atom stereocenters. The van der Waals surface area contributed by atoms with Gasteiger partial charge in [-0.15, -0.1) is 0 Å². The summed E-state index contributed by atoms with van der Waals surface area (Å²) >= 11 is 0. The Kier molecular flexibility index (Phi) is 4.51. The van der Waals surface area contributed by atoms with E-state index in [1.54, 1.807) is 0 Å². The van der Waals surface area contributed by atoms with Crippen LogP contribution in [0, 0.1) is 20.8 Å². The van der Waals surface area contributed by atoms with Crippen molar-refractivity contribution in [3.8, 4) is 33.9 Å². The van der Waals surface area contributed by atoms with Gasteiger partial charge in [-0.3, -0.25) is 9.97 Å². The molecule has 0 atom stereocenters. The summed E-state index contributed by atoms with van der Waals surface area (Å²) < 4.78 is 0. The molecule has 27 heavy (non-hydrogen) atoms. The molecular formula is C24H21N3. The van der Waals surface area contributed by atoms with Crippen molar-refractivity contribution in [2.45, 2.75) is 20.8 Å². The number of pyridine rings is 3.